The van der Waals surface area contributed by atoms with Crippen molar-refractivity contribution in [3.8, 4) is 0 Å². The van der Waals surface area contributed by atoms with E-state index >= 15 is 0 Å². The van der Waals surface area contributed by atoms with Crippen LogP contribution in [0.4, 0.5) is 0 Å². The summed E-state index contributed by atoms with van der Waals surface area (Å²) >= 11 is 0. The molecule has 0 aliphatic rings. The number of aliphatic carboxylic acids is 1. The number of hydrogen-bond donors (Lipinski definition) is 1. The molecule has 0 aliphatic heterocycles. The number of hydrogen-bond acceptors (Lipinski definition) is 2. The topological polar surface area (TPSA) is 40.5 Å². The van der Waals surface area contributed by atoms with E-state index in [2.05, 4.69) is 18.7 Å². The van der Waals surface area contributed by atoms with Gasteiger partial charge in [0.1, 0.15) is 0 Å². The second kappa shape index (κ2) is 8.72. The van der Waals surface area contributed by atoms with Crippen molar-refractivity contribution in [3.05, 3.63) is 0 Å². The largest absolute Gasteiger partial charge is 0.481 e. The van der Waals surface area contributed by atoms with Crippen LogP contribution in [-0.2, 0) is 4.79 Å². The summed E-state index contributed by atoms with van der Waals surface area (Å²) in [5.41, 5.74) is 0. The molecule has 0 saturated carbocycles. The van der Waals surface area contributed by atoms with Gasteiger partial charge in [-0.05, 0) is 25.9 Å². The highest BCUT2D eigenvalue weighted by atomic mass is 16.4. The van der Waals surface area contributed by atoms with E-state index in [4.69, 9.17) is 5.11 Å². The number of carbonyl (C=O) groups is 1. The van der Waals surface area contributed by atoms with Crippen LogP contribution >= 0.6 is 0 Å². The fourth-order valence-electron chi connectivity index (χ4n) is 1.66. The van der Waals surface area contributed by atoms with Crippen molar-refractivity contribution in [2.45, 2.75) is 46.5 Å². The Morgan fingerprint density at radius 3 is 2.33 bits per heavy atom. The van der Waals surface area contributed by atoms with Crippen molar-refractivity contribution in [3.63, 3.8) is 0 Å². The molecule has 0 aromatic heterocycles. The minimum absolute atomic E-state index is 0.252. The third kappa shape index (κ3) is 7.37. The average molecular weight is 215 g/mol. The van der Waals surface area contributed by atoms with E-state index < -0.39 is 5.97 Å². The molecule has 0 bridgehead atoms. The van der Waals surface area contributed by atoms with Gasteiger partial charge in [0.25, 0.3) is 0 Å². The zero-order valence-electron chi connectivity index (χ0n) is 10.3. The second-order valence-electron chi connectivity index (χ2n) is 4.25. The van der Waals surface area contributed by atoms with Gasteiger partial charge in [-0.1, -0.05) is 33.6 Å². The second-order valence-corrected chi connectivity index (χ2v) is 4.25. The van der Waals surface area contributed by atoms with Crippen molar-refractivity contribution in [1.29, 1.82) is 0 Å². The van der Waals surface area contributed by atoms with Gasteiger partial charge in [-0.15, -0.1) is 0 Å². The van der Waals surface area contributed by atoms with Gasteiger partial charge < -0.3 is 10.0 Å². The standard InChI is InChI=1S/C12H25NO2/c1-4-6-7-9-13(8-5-2)10-11(3)12(14)15/h11H,4-10H2,1-3H3,(H,14,15). The molecule has 0 radical (unpaired) electrons. The lowest BCUT2D eigenvalue weighted by atomic mass is 10.1. The molecule has 1 atom stereocenters. The Balaban J connectivity index is 3.86. The quantitative estimate of drug-likeness (QED) is 0.601. The molecule has 0 amide bonds. The zero-order chi connectivity index (χ0) is 11.7. The van der Waals surface area contributed by atoms with E-state index in [-0.39, 0.29) is 5.92 Å². The smallest absolute Gasteiger partial charge is 0.307 e. The van der Waals surface area contributed by atoms with Crippen LogP contribution in [0.5, 0.6) is 0 Å². The predicted molar refractivity (Wildman–Crippen MR) is 63.1 cm³/mol. The molecular formula is C12H25NO2. The molecule has 0 fully saturated rings. The Kier molecular flexibility index (Phi) is 8.38. The van der Waals surface area contributed by atoms with Gasteiger partial charge in [0.2, 0.25) is 0 Å². The maximum atomic E-state index is 10.7. The van der Waals surface area contributed by atoms with Gasteiger partial charge in [0.05, 0.1) is 5.92 Å². The van der Waals surface area contributed by atoms with Crippen LogP contribution in [0.1, 0.15) is 46.5 Å². The summed E-state index contributed by atoms with van der Waals surface area (Å²) in [6, 6.07) is 0. The highest BCUT2D eigenvalue weighted by Gasteiger charge is 2.14. The molecule has 90 valence electrons. The molecule has 3 nitrogen and oxygen atoms in total. The Hall–Kier alpha value is -0.570. The van der Waals surface area contributed by atoms with Crippen molar-refractivity contribution in [1.82, 2.24) is 4.90 Å². The molecule has 1 N–H and O–H groups in total. The SMILES string of the molecule is CCCCCN(CCC)CC(C)C(=O)O. The summed E-state index contributed by atoms with van der Waals surface area (Å²) in [7, 11) is 0. The van der Waals surface area contributed by atoms with Crippen LogP contribution in [0.2, 0.25) is 0 Å². The highest BCUT2D eigenvalue weighted by Crippen LogP contribution is 2.04. The minimum Gasteiger partial charge on any atom is -0.481 e. The van der Waals surface area contributed by atoms with Crippen molar-refractivity contribution < 1.29 is 9.90 Å². The molecule has 3 heteroatoms. The number of carboxylic acid groups (broad SMARTS) is 1. The molecule has 0 spiro atoms. The monoisotopic (exact) mass is 215 g/mol. The normalized spacial score (nSPS) is 13.1. The number of carboxylic acids is 1. The molecule has 15 heavy (non-hydrogen) atoms. The molecule has 0 saturated heterocycles. The Morgan fingerprint density at radius 2 is 1.87 bits per heavy atom. The Morgan fingerprint density at radius 1 is 1.20 bits per heavy atom. The van der Waals surface area contributed by atoms with E-state index in [9.17, 15) is 4.79 Å². The van der Waals surface area contributed by atoms with Crippen molar-refractivity contribution in [2.75, 3.05) is 19.6 Å². The van der Waals surface area contributed by atoms with Crippen LogP contribution in [-0.4, -0.2) is 35.6 Å². The van der Waals surface area contributed by atoms with Gasteiger partial charge in [0, 0.05) is 6.54 Å². The number of rotatable bonds is 9. The van der Waals surface area contributed by atoms with Crippen LogP contribution in [0.3, 0.4) is 0 Å². The molecule has 1 unspecified atom stereocenters. The number of unbranched alkanes of at least 4 members (excludes halogenated alkanes) is 2. The first kappa shape index (κ1) is 14.4. The lowest BCUT2D eigenvalue weighted by Crippen LogP contribution is -2.33. The van der Waals surface area contributed by atoms with Gasteiger partial charge >= 0.3 is 5.97 Å². The molecule has 0 rings (SSSR count). The van der Waals surface area contributed by atoms with Crippen molar-refractivity contribution >= 4 is 5.97 Å². The van der Waals surface area contributed by atoms with E-state index in [0.29, 0.717) is 6.54 Å². The summed E-state index contributed by atoms with van der Waals surface area (Å²) in [4.78, 5) is 13.0. The van der Waals surface area contributed by atoms with E-state index in [1.54, 1.807) is 6.92 Å². The van der Waals surface area contributed by atoms with Gasteiger partial charge in [-0.3, -0.25) is 4.79 Å². The Bertz CT molecular complexity index is 171. The van der Waals surface area contributed by atoms with Crippen LogP contribution in [0.25, 0.3) is 0 Å². The van der Waals surface area contributed by atoms with Crippen LogP contribution in [0, 0.1) is 5.92 Å². The highest BCUT2D eigenvalue weighted by molar-refractivity contribution is 5.69. The lowest BCUT2D eigenvalue weighted by molar-refractivity contribution is -0.141. The van der Waals surface area contributed by atoms with Crippen LogP contribution < -0.4 is 0 Å². The molecule has 0 aromatic carbocycles. The fourth-order valence-corrected chi connectivity index (χ4v) is 1.66. The molecule has 0 heterocycles. The first-order chi connectivity index (χ1) is 7.11. The maximum Gasteiger partial charge on any atom is 0.307 e. The third-order valence-corrected chi connectivity index (χ3v) is 2.57. The predicted octanol–water partition coefficient (Wildman–Crippen LogP) is 2.61. The van der Waals surface area contributed by atoms with Crippen LogP contribution in [0.15, 0.2) is 0 Å². The summed E-state index contributed by atoms with van der Waals surface area (Å²) in [6.45, 7) is 8.85. The van der Waals surface area contributed by atoms with E-state index in [0.717, 1.165) is 19.5 Å². The summed E-state index contributed by atoms with van der Waals surface area (Å²) in [5, 5.41) is 8.84. The molecule has 0 aromatic rings. The summed E-state index contributed by atoms with van der Waals surface area (Å²) < 4.78 is 0. The van der Waals surface area contributed by atoms with Crippen molar-refractivity contribution in [2.24, 2.45) is 5.92 Å². The summed E-state index contributed by atoms with van der Waals surface area (Å²) in [5.74, 6) is -0.940. The van der Waals surface area contributed by atoms with Gasteiger partial charge in [-0.2, -0.15) is 0 Å². The minimum atomic E-state index is -0.688. The Labute approximate surface area is 93.5 Å². The first-order valence-electron chi connectivity index (χ1n) is 6.06. The van der Waals surface area contributed by atoms with Gasteiger partial charge in [-0.25, -0.2) is 0 Å². The molecular weight excluding hydrogens is 190 g/mol. The summed E-state index contributed by atoms with van der Waals surface area (Å²) in [6.07, 6.45) is 4.73. The lowest BCUT2D eigenvalue weighted by Gasteiger charge is -2.23. The zero-order valence-corrected chi connectivity index (χ0v) is 10.3. The molecule has 0 aliphatic carbocycles. The van der Waals surface area contributed by atoms with Gasteiger partial charge in [0.15, 0.2) is 0 Å². The first-order valence-corrected chi connectivity index (χ1v) is 6.06. The maximum absolute atomic E-state index is 10.7. The average Bonchev–Trinajstić information content (AvgIpc) is 2.18. The third-order valence-electron chi connectivity index (χ3n) is 2.57. The van der Waals surface area contributed by atoms with E-state index in [1.165, 1.54) is 19.3 Å². The fraction of sp³-hybridized carbons (Fsp3) is 0.917. The number of nitrogens with zero attached hydrogens (tertiary/aromatic N) is 1. The van der Waals surface area contributed by atoms with E-state index in [1.807, 2.05) is 0 Å².